The average Bonchev–Trinajstić information content (AvgIpc) is 2.12. The maximum absolute atomic E-state index is 3.94. The van der Waals surface area contributed by atoms with Crippen molar-refractivity contribution in [2.45, 2.75) is 60.9 Å². The van der Waals surface area contributed by atoms with E-state index in [4.69, 9.17) is 0 Å². The van der Waals surface area contributed by atoms with Crippen LogP contribution in [0.15, 0.2) is 4.99 Å². The van der Waals surface area contributed by atoms with Crippen molar-refractivity contribution in [2.24, 2.45) is 4.99 Å². The molecule has 70 valence electrons. The monoisotopic (exact) mass is 159 g/mol. The lowest BCUT2D eigenvalue weighted by atomic mass is 10.2. The molecule has 0 N–H and O–H groups in total. The number of hydrogen-bond donors (Lipinski definition) is 0. The quantitative estimate of drug-likeness (QED) is 0.508. The number of nitrogens with zero attached hydrogens (tertiary/aromatic N) is 1. The van der Waals surface area contributed by atoms with Gasteiger partial charge in [0.1, 0.15) is 0 Å². The molecule has 1 nitrogen and oxygen atoms in total. The highest BCUT2D eigenvalue weighted by molar-refractivity contribution is 5.63. The van der Waals surface area contributed by atoms with Crippen molar-refractivity contribution in [2.75, 3.05) is 0 Å². The van der Waals surface area contributed by atoms with Crippen LogP contribution in [-0.2, 0) is 0 Å². The van der Waals surface area contributed by atoms with Crippen LogP contribution in [0.25, 0.3) is 0 Å². The normalized spacial score (nSPS) is 16.8. The summed E-state index contributed by atoms with van der Waals surface area (Å²) in [7, 11) is 0. The number of hydrogen-bond acceptors (Lipinski definition) is 1. The largest absolute Gasteiger partial charge is 0.294 e. The first-order chi connectivity index (χ1) is 5.39. The van der Waals surface area contributed by atoms with E-state index < -0.39 is 0 Å². The molecular weight excluding hydrogens is 134 g/mol. The van der Waals surface area contributed by atoms with Crippen LogP contribution < -0.4 is 0 Å². The Hall–Kier alpha value is -0.330. The predicted octanol–water partition coefficient (Wildman–Crippen LogP) is 3.93. The molecule has 1 atom stereocenters. The van der Waals surface area contributed by atoms with Crippen molar-refractivity contribution in [1.29, 1.82) is 0 Å². The van der Waals surface area contributed by atoms with Crippen LogP contribution in [0.3, 0.4) is 0 Å². The Bertz CT molecular complexity index is 57.9. The molecule has 11 heavy (non-hydrogen) atoms. The van der Waals surface area contributed by atoms with Crippen LogP contribution in [0.1, 0.15) is 54.9 Å². The topological polar surface area (TPSA) is 12.4 Å². The van der Waals surface area contributed by atoms with Crippen molar-refractivity contribution in [3.8, 4) is 0 Å². The Morgan fingerprint density at radius 1 is 1.00 bits per heavy atom. The van der Waals surface area contributed by atoms with Gasteiger partial charge in [-0.1, -0.05) is 41.5 Å². The van der Waals surface area contributed by atoms with Crippen LogP contribution in [0.4, 0.5) is 0 Å². The lowest BCUT2D eigenvalue weighted by Crippen LogP contribution is -2.07. The van der Waals surface area contributed by atoms with Gasteiger partial charge in [0.2, 0.25) is 0 Å². The fourth-order valence-corrected chi connectivity index (χ4v) is 0.316. The second-order valence-corrected chi connectivity index (χ2v) is 1.42. The van der Waals surface area contributed by atoms with Gasteiger partial charge in [-0.2, -0.15) is 0 Å². The van der Waals surface area contributed by atoms with Gasteiger partial charge in [-0.15, -0.1) is 0 Å². The lowest BCUT2D eigenvalue weighted by molar-refractivity contribution is 0.732. The lowest BCUT2D eigenvalue weighted by Gasteiger charge is -2.07. The average molecular weight is 159 g/mol. The standard InChI is InChI=1S/C4H7N.3C2H6/c1-4-2-3-5-4;3*1-2/h3-4H,2H2,1H3;3*1-2H3. The third-order valence-electron chi connectivity index (χ3n) is 0.806. The van der Waals surface area contributed by atoms with E-state index in [-0.39, 0.29) is 0 Å². The molecule has 0 radical (unpaired) electrons. The summed E-state index contributed by atoms with van der Waals surface area (Å²) in [6.07, 6.45) is 3.14. The Balaban J connectivity index is -0.0000000933. The van der Waals surface area contributed by atoms with E-state index in [1.807, 2.05) is 47.8 Å². The van der Waals surface area contributed by atoms with E-state index in [9.17, 15) is 0 Å². The van der Waals surface area contributed by atoms with Gasteiger partial charge in [0.05, 0.1) is 6.04 Å². The van der Waals surface area contributed by atoms with E-state index in [2.05, 4.69) is 11.9 Å². The first-order valence-corrected chi connectivity index (χ1v) is 4.91. The van der Waals surface area contributed by atoms with Gasteiger partial charge in [0.25, 0.3) is 0 Å². The fraction of sp³-hybridized carbons (Fsp3) is 0.900. The molecule has 0 fully saturated rings. The van der Waals surface area contributed by atoms with E-state index >= 15 is 0 Å². The van der Waals surface area contributed by atoms with Crippen LogP contribution in [-0.4, -0.2) is 12.3 Å². The molecule has 0 aromatic rings. The Labute approximate surface area is 72.9 Å². The zero-order valence-electron chi connectivity index (χ0n) is 9.31. The minimum absolute atomic E-state index is 0.634. The third kappa shape index (κ3) is 17.7. The first kappa shape index (κ1) is 17.0. The highest BCUT2D eigenvalue weighted by atomic mass is 14.8. The fourth-order valence-electron chi connectivity index (χ4n) is 0.316. The minimum atomic E-state index is 0.634. The maximum Gasteiger partial charge on any atom is 0.0516 e. The third-order valence-corrected chi connectivity index (χ3v) is 0.806. The van der Waals surface area contributed by atoms with E-state index in [0.29, 0.717) is 6.04 Å². The molecule has 0 saturated carbocycles. The Kier molecular flexibility index (Phi) is 34.9. The van der Waals surface area contributed by atoms with Crippen molar-refractivity contribution in [3.05, 3.63) is 0 Å². The molecule has 1 heteroatoms. The molecule has 1 aliphatic rings. The minimum Gasteiger partial charge on any atom is -0.294 e. The number of rotatable bonds is 0. The van der Waals surface area contributed by atoms with E-state index in [0.717, 1.165) is 0 Å². The smallest absolute Gasteiger partial charge is 0.0516 e. The molecule has 0 aliphatic carbocycles. The molecule has 0 saturated heterocycles. The summed E-state index contributed by atoms with van der Waals surface area (Å²) in [5.74, 6) is 0. The summed E-state index contributed by atoms with van der Waals surface area (Å²) in [5, 5.41) is 0. The maximum atomic E-state index is 3.94. The van der Waals surface area contributed by atoms with Crippen LogP contribution >= 0.6 is 0 Å². The molecule has 0 aromatic heterocycles. The summed E-state index contributed by atoms with van der Waals surface area (Å²) >= 11 is 0. The van der Waals surface area contributed by atoms with Gasteiger partial charge in [-0.25, -0.2) is 0 Å². The summed E-state index contributed by atoms with van der Waals surface area (Å²) in [5.41, 5.74) is 0. The van der Waals surface area contributed by atoms with Crippen molar-refractivity contribution in [1.82, 2.24) is 0 Å². The highest BCUT2D eigenvalue weighted by Crippen LogP contribution is 2.01. The zero-order chi connectivity index (χ0) is 9.70. The van der Waals surface area contributed by atoms with E-state index in [1.54, 1.807) is 0 Å². The molecule has 0 bridgehead atoms. The molecular formula is C10H25N. The number of aliphatic imine (C=N–C) groups is 1. The van der Waals surface area contributed by atoms with Crippen molar-refractivity contribution in [3.63, 3.8) is 0 Å². The summed E-state index contributed by atoms with van der Waals surface area (Å²) in [6.45, 7) is 14.1. The van der Waals surface area contributed by atoms with Crippen molar-refractivity contribution < 1.29 is 0 Å². The van der Waals surface area contributed by atoms with Gasteiger partial charge in [0.15, 0.2) is 0 Å². The van der Waals surface area contributed by atoms with Gasteiger partial charge in [0, 0.05) is 12.6 Å². The molecule has 1 aliphatic heterocycles. The van der Waals surface area contributed by atoms with Gasteiger partial charge in [-0.05, 0) is 6.92 Å². The van der Waals surface area contributed by atoms with Crippen LogP contribution in [0.5, 0.6) is 0 Å². The second kappa shape index (κ2) is 22.6. The molecule has 1 heterocycles. The summed E-state index contributed by atoms with van der Waals surface area (Å²) < 4.78 is 0. The van der Waals surface area contributed by atoms with Gasteiger partial charge < -0.3 is 0 Å². The van der Waals surface area contributed by atoms with Crippen LogP contribution in [0.2, 0.25) is 0 Å². The van der Waals surface area contributed by atoms with Crippen molar-refractivity contribution >= 4 is 6.21 Å². The SMILES string of the molecule is CC.CC.CC.CC1CC=N1. The van der Waals surface area contributed by atoms with Crippen LogP contribution in [0, 0.1) is 0 Å². The highest BCUT2D eigenvalue weighted by Gasteiger charge is 2.00. The molecule has 0 aromatic carbocycles. The zero-order valence-corrected chi connectivity index (χ0v) is 9.31. The molecule has 0 spiro atoms. The first-order valence-electron chi connectivity index (χ1n) is 4.91. The predicted molar refractivity (Wildman–Crippen MR) is 56.6 cm³/mol. The second-order valence-electron chi connectivity index (χ2n) is 1.42. The van der Waals surface area contributed by atoms with E-state index in [1.165, 1.54) is 6.42 Å². The Morgan fingerprint density at radius 2 is 1.18 bits per heavy atom. The molecule has 1 rings (SSSR count). The summed E-state index contributed by atoms with van der Waals surface area (Å²) in [6, 6.07) is 0.634. The Morgan fingerprint density at radius 3 is 1.18 bits per heavy atom. The summed E-state index contributed by atoms with van der Waals surface area (Å²) in [4.78, 5) is 3.94. The molecule has 0 amide bonds. The van der Waals surface area contributed by atoms with Gasteiger partial charge >= 0.3 is 0 Å². The van der Waals surface area contributed by atoms with Gasteiger partial charge in [-0.3, -0.25) is 4.99 Å². The molecule has 1 unspecified atom stereocenters.